The maximum Gasteiger partial charge on any atom is 0.252 e. The van der Waals surface area contributed by atoms with E-state index in [-0.39, 0.29) is 28.6 Å². The number of nitrogens with two attached hydrogens (primary N) is 1. The van der Waals surface area contributed by atoms with Crippen molar-refractivity contribution in [3.63, 3.8) is 0 Å². The van der Waals surface area contributed by atoms with Gasteiger partial charge >= 0.3 is 0 Å². The highest BCUT2D eigenvalue weighted by molar-refractivity contribution is 5.96. The lowest BCUT2D eigenvalue weighted by Gasteiger charge is -2.29. The first-order valence-electron chi connectivity index (χ1n) is 9.43. The van der Waals surface area contributed by atoms with Crippen LogP contribution < -0.4 is 11.1 Å². The van der Waals surface area contributed by atoms with Gasteiger partial charge in [-0.15, -0.1) is 10.2 Å². The number of nitrogens with one attached hydrogen (secondary N) is 1. The molecule has 2 heterocycles. The van der Waals surface area contributed by atoms with Crippen LogP contribution in [-0.2, 0) is 0 Å². The number of carbonyl (C=O) groups excluding carboxylic acids is 1. The number of phenols is 1. The lowest BCUT2D eigenvalue weighted by Crippen LogP contribution is -2.30. The minimum atomic E-state index is -0.869. The van der Waals surface area contributed by atoms with Gasteiger partial charge in [0.25, 0.3) is 5.91 Å². The molecule has 0 spiro atoms. The van der Waals surface area contributed by atoms with Gasteiger partial charge in [-0.05, 0) is 49.1 Å². The molecule has 7 nitrogen and oxygen atoms in total. The summed E-state index contributed by atoms with van der Waals surface area (Å²) < 4.78 is 38.6. The fourth-order valence-electron chi connectivity index (χ4n) is 2.94. The molecule has 1 aliphatic carbocycles. The Morgan fingerprint density at radius 1 is 1.19 bits per heavy atom. The maximum atomic E-state index is 14.0. The largest absolute Gasteiger partial charge is 0.507 e. The molecular formula is C21H20F3N5O2. The standard InChI is InChI=1S/C16H16F2N4O2.C5H4FN/c17-9-3-8(4-9)7-20-15-2-1-13(21-22-15)10-5-11(16(19)24)14(23)6-12(10)18;6-5-2-1-3-7-4-5/h1-2,5-6,8-9,23H,3-4,7H2,(H2,19,24)(H,20,22);1-4H. The molecule has 0 saturated heterocycles. The van der Waals surface area contributed by atoms with Crippen molar-refractivity contribution in [3.8, 4) is 17.0 Å². The Kier molecular flexibility index (Phi) is 7.01. The van der Waals surface area contributed by atoms with Gasteiger partial charge in [0.2, 0.25) is 0 Å². The van der Waals surface area contributed by atoms with E-state index in [9.17, 15) is 23.1 Å². The molecule has 0 bridgehead atoms. The maximum absolute atomic E-state index is 14.0. The average molecular weight is 431 g/mol. The molecule has 2 aromatic heterocycles. The van der Waals surface area contributed by atoms with Crippen molar-refractivity contribution < 1.29 is 23.1 Å². The van der Waals surface area contributed by atoms with E-state index in [1.165, 1.54) is 24.5 Å². The smallest absolute Gasteiger partial charge is 0.252 e. The summed E-state index contributed by atoms with van der Waals surface area (Å²) in [5.41, 5.74) is 5.16. The Morgan fingerprint density at radius 3 is 2.48 bits per heavy atom. The molecule has 0 radical (unpaired) electrons. The fourth-order valence-corrected chi connectivity index (χ4v) is 2.94. The normalized spacial score (nSPS) is 17.1. The molecule has 31 heavy (non-hydrogen) atoms. The summed E-state index contributed by atoms with van der Waals surface area (Å²) in [5.74, 6) is -1.64. The topological polar surface area (TPSA) is 114 Å². The van der Waals surface area contributed by atoms with Gasteiger partial charge in [0.1, 0.15) is 29.4 Å². The van der Waals surface area contributed by atoms with Gasteiger partial charge < -0.3 is 16.2 Å². The van der Waals surface area contributed by atoms with Crippen molar-refractivity contribution in [2.24, 2.45) is 11.7 Å². The zero-order valence-corrected chi connectivity index (χ0v) is 16.3. The van der Waals surface area contributed by atoms with Gasteiger partial charge in [0, 0.05) is 24.4 Å². The van der Waals surface area contributed by atoms with E-state index < -0.39 is 23.6 Å². The lowest BCUT2D eigenvalue weighted by molar-refractivity contribution is 0.0997. The van der Waals surface area contributed by atoms with Crippen molar-refractivity contribution in [3.05, 3.63) is 66.0 Å². The number of anilines is 1. The minimum Gasteiger partial charge on any atom is -0.507 e. The number of carbonyl (C=O) groups is 1. The number of aromatic nitrogens is 3. The number of hydrogen-bond acceptors (Lipinski definition) is 6. The predicted molar refractivity (Wildman–Crippen MR) is 108 cm³/mol. The van der Waals surface area contributed by atoms with Crippen LogP contribution in [-0.4, -0.2) is 38.9 Å². The predicted octanol–water partition coefficient (Wildman–Crippen LogP) is 3.47. The highest BCUT2D eigenvalue weighted by Gasteiger charge is 2.28. The Bertz CT molecular complexity index is 1030. The molecule has 1 saturated carbocycles. The number of amides is 1. The summed E-state index contributed by atoms with van der Waals surface area (Å²) in [4.78, 5) is 14.8. The lowest BCUT2D eigenvalue weighted by atomic mass is 9.83. The number of benzene rings is 1. The number of pyridine rings is 1. The van der Waals surface area contributed by atoms with Gasteiger partial charge in [-0.1, -0.05) is 0 Å². The molecule has 3 aromatic rings. The third kappa shape index (κ3) is 5.91. The molecule has 0 aliphatic heterocycles. The number of primary amides is 1. The van der Waals surface area contributed by atoms with E-state index >= 15 is 0 Å². The second-order valence-corrected chi connectivity index (χ2v) is 7.00. The number of alkyl halides is 1. The van der Waals surface area contributed by atoms with Gasteiger partial charge in [0.15, 0.2) is 0 Å². The second-order valence-electron chi connectivity index (χ2n) is 7.00. The first-order chi connectivity index (χ1) is 14.8. The van der Waals surface area contributed by atoms with Crippen LogP contribution in [0.3, 0.4) is 0 Å². The minimum absolute atomic E-state index is 0.0138. The van der Waals surface area contributed by atoms with E-state index in [1.54, 1.807) is 12.1 Å². The van der Waals surface area contributed by atoms with Crippen molar-refractivity contribution in [2.45, 2.75) is 19.0 Å². The fraction of sp³-hybridized carbons (Fsp3) is 0.238. The highest BCUT2D eigenvalue weighted by atomic mass is 19.1. The first kappa shape index (κ1) is 22.0. The van der Waals surface area contributed by atoms with Crippen LogP contribution in [0.15, 0.2) is 48.8 Å². The van der Waals surface area contributed by atoms with Crippen molar-refractivity contribution in [1.29, 1.82) is 0 Å². The Balaban J connectivity index is 0.000000330. The van der Waals surface area contributed by atoms with E-state index in [1.807, 2.05) is 0 Å². The Hall–Kier alpha value is -3.69. The monoisotopic (exact) mass is 431 g/mol. The van der Waals surface area contributed by atoms with Crippen molar-refractivity contribution >= 4 is 11.7 Å². The van der Waals surface area contributed by atoms with Crippen LogP contribution in [0.2, 0.25) is 0 Å². The van der Waals surface area contributed by atoms with Gasteiger partial charge in [-0.3, -0.25) is 9.78 Å². The highest BCUT2D eigenvalue weighted by Crippen LogP contribution is 2.30. The number of nitrogens with zero attached hydrogens (tertiary/aromatic N) is 3. The molecule has 1 fully saturated rings. The zero-order valence-electron chi connectivity index (χ0n) is 16.3. The molecule has 1 aliphatic rings. The third-order valence-electron chi connectivity index (χ3n) is 4.67. The van der Waals surface area contributed by atoms with Crippen molar-refractivity contribution in [1.82, 2.24) is 15.2 Å². The second kappa shape index (κ2) is 9.88. The molecule has 1 aromatic carbocycles. The third-order valence-corrected chi connectivity index (χ3v) is 4.67. The van der Waals surface area contributed by atoms with E-state index in [2.05, 4.69) is 20.5 Å². The summed E-state index contributed by atoms with van der Waals surface area (Å²) in [6.45, 7) is 0.605. The van der Waals surface area contributed by atoms with Crippen LogP contribution >= 0.6 is 0 Å². The molecular weight excluding hydrogens is 411 g/mol. The first-order valence-corrected chi connectivity index (χ1v) is 9.43. The molecule has 162 valence electrons. The van der Waals surface area contributed by atoms with Crippen LogP contribution in [0.25, 0.3) is 11.3 Å². The number of hydrogen-bond donors (Lipinski definition) is 3. The van der Waals surface area contributed by atoms with Gasteiger partial charge in [-0.2, -0.15) is 0 Å². The molecule has 4 rings (SSSR count). The van der Waals surface area contributed by atoms with Crippen LogP contribution in [0.4, 0.5) is 19.0 Å². The SMILES string of the molecule is Fc1cccnc1.NC(=O)c1cc(-c2ccc(NCC3CC(F)C3)nn2)c(F)cc1O. The van der Waals surface area contributed by atoms with Crippen LogP contribution in [0.5, 0.6) is 5.75 Å². The number of halogens is 3. The Labute approximate surface area is 176 Å². The van der Waals surface area contributed by atoms with E-state index in [0.29, 0.717) is 25.2 Å². The van der Waals surface area contributed by atoms with Crippen LogP contribution in [0, 0.1) is 17.6 Å². The summed E-state index contributed by atoms with van der Waals surface area (Å²) in [6.07, 6.45) is 3.09. The average Bonchev–Trinajstić information content (AvgIpc) is 2.72. The van der Waals surface area contributed by atoms with E-state index in [0.717, 1.165) is 12.1 Å². The van der Waals surface area contributed by atoms with Gasteiger partial charge in [-0.25, -0.2) is 13.2 Å². The summed E-state index contributed by atoms with van der Waals surface area (Å²) in [6, 6.07) is 8.01. The quantitative estimate of drug-likeness (QED) is 0.570. The number of aromatic hydroxyl groups is 1. The zero-order chi connectivity index (χ0) is 22.4. The van der Waals surface area contributed by atoms with Crippen LogP contribution in [0.1, 0.15) is 23.2 Å². The summed E-state index contributed by atoms with van der Waals surface area (Å²) >= 11 is 0. The molecule has 1 amide bonds. The Morgan fingerprint density at radius 2 is 1.97 bits per heavy atom. The van der Waals surface area contributed by atoms with Crippen molar-refractivity contribution in [2.75, 3.05) is 11.9 Å². The number of rotatable bonds is 5. The molecule has 0 unspecified atom stereocenters. The molecule has 4 N–H and O–H groups in total. The van der Waals surface area contributed by atoms with E-state index in [4.69, 9.17) is 5.73 Å². The summed E-state index contributed by atoms with van der Waals surface area (Å²) in [7, 11) is 0. The molecule has 10 heteroatoms. The van der Waals surface area contributed by atoms with Gasteiger partial charge in [0.05, 0.1) is 17.5 Å². The molecule has 0 atom stereocenters. The summed E-state index contributed by atoms with van der Waals surface area (Å²) in [5, 5.41) is 20.4.